The van der Waals surface area contributed by atoms with Crippen LogP contribution in [0.15, 0.2) is 24.3 Å². The highest BCUT2D eigenvalue weighted by atomic mass is 15.0. The van der Waals surface area contributed by atoms with Crippen LogP contribution in [0.3, 0.4) is 0 Å². The first-order valence-corrected chi connectivity index (χ1v) is 7.44. The fourth-order valence-corrected chi connectivity index (χ4v) is 2.49. The van der Waals surface area contributed by atoms with E-state index in [0.717, 1.165) is 37.1 Å². The SMILES string of the molecule is CCCc1ccc2nc(NCC)c(CCC)cc2c1. The molecule has 0 spiro atoms. The van der Waals surface area contributed by atoms with Crippen LogP contribution in [0.4, 0.5) is 5.82 Å². The molecule has 2 rings (SSSR count). The molecule has 1 heterocycles. The minimum atomic E-state index is 0.920. The predicted octanol–water partition coefficient (Wildman–Crippen LogP) is 4.57. The summed E-state index contributed by atoms with van der Waals surface area (Å²) in [4.78, 5) is 4.77. The molecule has 0 aliphatic heterocycles. The summed E-state index contributed by atoms with van der Waals surface area (Å²) in [5.41, 5.74) is 3.84. The number of benzene rings is 1. The van der Waals surface area contributed by atoms with E-state index in [4.69, 9.17) is 4.98 Å². The highest BCUT2D eigenvalue weighted by Crippen LogP contribution is 2.23. The van der Waals surface area contributed by atoms with Gasteiger partial charge in [-0.15, -0.1) is 0 Å². The Morgan fingerprint density at radius 3 is 2.47 bits per heavy atom. The second-order valence-electron chi connectivity index (χ2n) is 5.05. The molecule has 0 amide bonds. The molecule has 2 aromatic rings. The van der Waals surface area contributed by atoms with Gasteiger partial charge in [0.2, 0.25) is 0 Å². The largest absolute Gasteiger partial charge is 0.370 e. The van der Waals surface area contributed by atoms with Gasteiger partial charge in [-0.1, -0.05) is 32.8 Å². The second kappa shape index (κ2) is 6.55. The first-order chi connectivity index (χ1) is 9.28. The van der Waals surface area contributed by atoms with Crippen LogP contribution in [0.25, 0.3) is 10.9 Å². The van der Waals surface area contributed by atoms with Crippen LogP contribution in [-0.4, -0.2) is 11.5 Å². The minimum Gasteiger partial charge on any atom is -0.370 e. The van der Waals surface area contributed by atoms with Crippen LogP contribution in [0, 0.1) is 0 Å². The summed E-state index contributed by atoms with van der Waals surface area (Å²) in [6.07, 6.45) is 4.58. The molecular weight excluding hydrogens is 232 g/mol. The number of hydrogen-bond donors (Lipinski definition) is 1. The Kier molecular flexibility index (Phi) is 4.78. The van der Waals surface area contributed by atoms with Gasteiger partial charge >= 0.3 is 0 Å². The van der Waals surface area contributed by atoms with E-state index in [1.807, 2.05) is 0 Å². The highest BCUT2D eigenvalue weighted by Gasteiger charge is 2.06. The highest BCUT2D eigenvalue weighted by molar-refractivity contribution is 5.82. The molecule has 1 N–H and O–H groups in total. The lowest BCUT2D eigenvalue weighted by molar-refractivity contribution is 0.914. The zero-order chi connectivity index (χ0) is 13.7. The average molecular weight is 256 g/mol. The molecule has 1 aromatic carbocycles. The zero-order valence-electron chi connectivity index (χ0n) is 12.3. The molecule has 0 saturated carbocycles. The number of rotatable bonds is 6. The van der Waals surface area contributed by atoms with Crippen molar-refractivity contribution in [3.63, 3.8) is 0 Å². The molecule has 0 unspecified atom stereocenters. The number of pyridine rings is 1. The molecule has 0 fully saturated rings. The van der Waals surface area contributed by atoms with Crippen molar-refractivity contribution in [2.24, 2.45) is 0 Å². The lowest BCUT2D eigenvalue weighted by Gasteiger charge is -2.11. The lowest BCUT2D eigenvalue weighted by atomic mass is 10.0. The second-order valence-corrected chi connectivity index (χ2v) is 5.05. The molecule has 0 atom stereocenters. The van der Waals surface area contributed by atoms with E-state index in [1.165, 1.54) is 22.9 Å². The summed E-state index contributed by atoms with van der Waals surface area (Å²) in [7, 11) is 0. The standard InChI is InChI=1S/C17H24N2/c1-4-7-13-9-10-16-15(11-13)12-14(8-5-2)17(19-16)18-6-3/h9-12H,4-8H2,1-3H3,(H,18,19). The van der Waals surface area contributed by atoms with E-state index in [9.17, 15) is 0 Å². The van der Waals surface area contributed by atoms with E-state index < -0.39 is 0 Å². The van der Waals surface area contributed by atoms with Gasteiger partial charge in [0, 0.05) is 11.9 Å². The quantitative estimate of drug-likeness (QED) is 0.818. The first-order valence-electron chi connectivity index (χ1n) is 7.44. The van der Waals surface area contributed by atoms with Gasteiger partial charge in [-0.25, -0.2) is 4.98 Å². The van der Waals surface area contributed by atoms with Crippen LogP contribution in [0.1, 0.15) is 44.7 Å². The number of nitrogens with one attached hydrogen (secondary N) is 1. The Hall–Kier alpha value is -1.57. The van der Waals surface area contributed by atoms with Gasteiger partial charge < -0.3 is 5.32 Å². The molecule has 2 heteroatoms. The Labute approximate surface area is 116 Å². The van der Waals surface area contributed by atoms with Gasteiger partial charge in [0.05, 0.1) is 5.52 Å². The monoisotopic (exact) mass is 256 g/mol. The molecule has 0 saturated heterocycles. The number of aromatic nitrogens is 1. The molecule has 0 bridgehead atoms. The van der Waals surface area contributed by atoms with Crippen LogP contribution >= 0.6 is 0 Å². The van der Waals surface area contributed by atoms with Crippen LogP contribution in [-0.2, 0) is 12.8 Å². The fourth-order valence-electron chi connectivity index (χ4n) is 2.49. The van der Waals surface area contributed by atoms with Gasteiger partial charge in [0.25, 0.3) is 0 Å². The van der Waals surface area contributed by atoms with Gasteiger partial charge in [0.1, 0.15) is 5.82 Å². The first kappa shape index (κ1) is 13.9. The molecule has 2 nitrogen and oxygen atoms in total. The minimum absolute atomic E-state index is 0.920. The van der Waals surface area contributed by atoms with E-state index in [2.05, 4.69) is 50.4 Å². The van der Waals surface area contributed by atoms with E-state index >= 15 is 0 Å². The van der Waals surface area contributed by atoms with E-state index in [0.29, 0.717) is 0 Å². The maximum absolute atomic E-state index is 4.77. The number of aryl methyl sites for hydroxylation is 2. The summed E-state index contributed by atoms with van der Waals surface area (Å²) >= 11 is 0. The van der Waals surface area contributed by atoms with Crippen molar-refractivity contribution in [2.75, 3.05) is 11.9 Å². The lowest BCUT2D eigenvalue weighted by Crippen LogP contribution is -2.04. The van der Waals surface area contributed by atoms with Crippen LogP contribution in [0.2, 0.25) is 0 Å². The maximum Gasteiger partial charge on any atom is 0.129 e. The van der Waals surface area contributed by atoms with Crippen LogP contribution < -0.4 is 5.32 Å². The summed E-state index contributed by atoms with van der Waals surface area (Å²) < 4.78 is 0. The van der Waals surface area contributed by atoms with Crippen LogP contribution in [0.5, 0.6) is 0 Å². The normalized spacial score (nSPS) is 10.9. The summed E-state index contributed by atoms with van der Waals surface area (Å²) in [5.74, 6) is 1.06. The van der Waals surface area contributed by atoms with Crippen molar-refractivity contribution in [1.82, 2.24) is 4.98 Å². The topological polar surface area (TPSA) is 24.9 Å². The Balaban J connectivity index is 2.46. The smallest absolute Gasteiger partial charge is 0.129 e. The molecule has 0 radical (unpaired) electrons. The zero-order valence-corrected chi connectivity index (χ0v) is 12.3. The van der Waals surface area contributed by atoms with Gasteiger partial charge in [-0.3, -0.25) is 0 Å². The van der Waals surface area contributed by atoms with Gasteiger partial charge in [-0.2, -0.15) is 0 Å². The van der Waals surface area contributed by atoms with E-state index in [1.54, 1.807) is 0 Å². The Bertz CT molecular complexity index is 546. The van der Waals surface area contributed by atoms with Crippen molar-refractivity contribution in [1.29, 1.82) is 0 Å². The van der Waals surface area contributed by atoms with Crippen molar-refractivity contribution >= 4 is 16.7 Å². The summed E-state index contributed by atoms with van der Waals surface area (Å²) in [6.45, 7) is 7.47. The third-order valence-corrected chi connectivity index (χ3v) is 3.36. The third-order valence-electron chi connectivity index (χ3n) is 3.36. The summed E-state index contributed by atoms with van der Waals surface area (Å²) in [6, 6.07) is 8.95. The molecule has 102 valence electrons. The average Bonchev–Trinajstić information content (AvgIpc) is 2.40. The Morgan fingerprint density at radius 1 is 1.00 bits per heavy atom. The number of anilines is 1. The predicted molar refractivity (Wildman–Crippen MR) is 83.9 cm³/mol. The third kappa shape index (κ3) is 3.25. The summed E-state index contributed by atoms with van der Waals surface area (Å²) in [5, 5.41) is 4.66. The van der Waals surface area contributed by atoms with Crippen molar-refractivity contribution in [2.45, 2.75) is 46.5 Å². The molecule has 0 aliphatic rings. The molecule has 1 aromatic heterocycles. The van der Waals surface area contributed by atoms with Crippen molar-refractivity contribution in [3.05, 3.63) is 35.4 Å². The Morgan fingerprint density at radius 2 is 1.79 bits per heavy atom. The molecule has 19 heavy (non-hydrogen) atoms. The van der Waals surface area contributed by atoms with Gasteiger partial charge in [-0.05, 0) is 49.1 Å². The van der Waals surface area contributed by atoms with E-state index in [-0.39, 0.29) is 0 Å². The number of hydrogen-bond acceptors (Lipinski definition) is 2. The molecular formula is C17H24N2. The number of nitrogens with zero attached hydrogens (tertiary/aromatic N) is 1. The van der Waals surface area contributed by atoms with Gasteiger partial charge in [0.15, 0.2) is 0 Å². The number of fused-ring (bicyclic) bond motifs is 1. The maximum atomic E-state index is 4.77. The van der Waals surface area contributed by atoms with Crippen molar-refractivity contribution in [3.8, 4) is 0 Å². The fraction of sp³-hybridized carbons (Fsp3) is 0.471. The van der Waals surface area contributed by atoms with Crippen molar-refractivity contribution < 1.29 is 0 Å². The molecule has 0 aliphatic carbocycles.